The lowest BCUT2D eigenvalue weighted by Crippen LogP contribution is -2.27. The summed E-state index contributed by atoms with van der Waals surface area (Å²) in [6, 6.07) is 19.3. The molecule has 1 amide bonds. The number of ether oxygens (including phenoxy) is 1. The van der Waals surface area contributed by atoms with E-state index in [4.69, 9.17) is 14.1 Å². The lowest BCUT2D eigenvalue weighted by molar-refractivity contribution is 0.0748. The molecule has 29 heavy (non-hydrogen) atoms. The van der Waals surface area contributed by atoms with Crippen molar-refractivity contribution in [1.29, 1.82) is 0 Å². The van der Waals surface area contributed by atoms with Gasteiger partial charge in [0.1, 0.15) is 18.2 Å². The summed E-state index contributed by atoms with van der Waals surface area (Å²) in [6.45, 7) is 3.54. The van der Waals surface area contributed by atoms with E-state index < -0.39 is 0 Å². The van der Waals surface area contributed by atoms with Crippen LogP contribution in [-0.4, -0.2) is 34.0 Å². The number of carbonyl (C=O) groups is 1. The van der Waals surface area contributed by atoms with Crippen LogP contribution in [0.15, 0.2) is 71.3 Å². The zero-order chi connectivity index (χ0) is 20.2. The highest BCUT2D eigenvalue weighted by molar-refractivity contribution is 5.91. The van der Waals surface area contributed by atoms with Gasteiger partial charge < -0.3 is 18.6 Å². The molecule has 4 rings (SSSR count). The first-order valence-electron chi connectivity index (χ1n) is 9.55. The Hall–Kier alpha value is -3.54. The van der Waals surface area contributed by atoms with Crippen LogP contribution in [0.2, 0.25) is 0 Å². The SMILES string of the molecule is Cc1ccccc1OCCn1c(CN(C)C(=O)c2ccco2)nc2ccccc21. The Bertz CT molecular complexity index is 1120. The molecule has 2 heterocycles. The molecule has 0 aliphatic carbocycles. The molecular weight excluding hydrogens is 366 g/mol. The summed E-state index contributed by atoms with van der Waals surface area (Å²) >= 11 is 0. The number of furan rings is 1. The van der Waals surface area contributed by atoms with Crippen LogP contribution in [0.4, 0.5) is 0 Å². The van der Waals surface area contributed by atoms with E-state index >= 15 is 0 Å². The second-order valence-electron chi connectivity index (χ2n) is 6.92. The van der Waals surface area contributed by atoms with Crippen molar-refractivity contribution < 1.29 is 13.9 Å². The Morgan fingerprint density at radius 3 is 2.69 bits per heavy atom. The van der Waals surface area contributed by atoms with Crippen LogP contribution in [-0.2, 0) is 13.1 Å². The predicted octanol–water partition coefficient (Wildman–Crippen LogP) is 4.29. The number of imidazole rings is 1. The van der Waals surface area contributed by atoms with Gasteiger partial charge in [0.25, 0.3) is 5.91 Å². The molecule has 6 nitrogen and oxygen atoms in total. The van der Waals surface area contributed by atoms with Crippen molar-refractivity contribution in [1.82, 2.24) is 14.5 Å². The number of hydrogen-bond donors (Lipinski definition) is 0. The number of para-hydroxylation sites is 3. The monoisotopic (exact) mass is 389 g/mol. The van der Waals surface area contributed by atoms with Gasteiger partial charge in [0, 0.05) is 7.05 Å². The van der Waals surface area contributed by atoms with Gasteiger partial charge in [0.15, 0.2) is 5.76 Å². The van der Waals surface area contributed by atoms with Gasteiger partial charge in [-0.25, -0.2) is 4.98 Å². The topological polar surface area (TPSA) is 60.5 Å². The summed E-state index contributed by atoms with van der Waals surface area (Å²) in [7, 11) is 1.75. The average Bonchev–Trinajstić information content (AvgIpc) is 3.37. The van der Waals surface area contributed by atoms with Crippen molar-refractivity contribution in [3.63, 3.8) is 0 Å². The summed E-state index contributed by atoms with van der Waals surface area (Å²) in [5.74, 6) is 1.83. The van der Waals surface area contributed by atoms with Gasteiger partial charge in [0.2, 0.25) is 0 Å². The van der Waals surface area contributed by atoms with Crippen molar-refractivity contribution in [3.8, 4) is 5.75 Å². The van der Waals surface area contributed by atoms with Gasteiger partial charge in [-0.2, -0.15) is 0 Å². The second kappa shape index (κ2) is 8.22. The summed E-state index contributed by atoms with van der Waals surface area (Å²) in [5, 5.41) is 0. The molecule has 0 aliphatic heterocycles. The van der Waals surface area contributed by atoms with Gasteiger partial charge >= 0.3 is 0 Å². The smallest absolute Gasteiger partial charge is 0.289 e. The zero-order valence-corrected chi connectivity index (χ0v) is 16.5. The molecule has 6 heteroatoms. The van der Waals surface area contributed by atoms with E-state index in [2.05, 4.69) is 4.57 Å². The summed E-state index contributed by atoms with van der Waals surface area (Å²) < 4.78 is 13.3. The third kappa shape index (κ3) is 4.01. The number of benzene rings is 2. The molecular formula is C23H23N3O3. The number of amides is 1. The third-order valence-electron chi connectivity index (χ3n) is 4.86. The van der Waals surface area contributed by atoms with E-state index in [-0.39, 0.29) is 5.91 Å². The fourth-order valence-electron chi connectivity index (χ4n) is 3.33. The van der Waals surface area contributed by atoms with Crippen molar-refractivity contribution >= 4 is 16.9 Å². The molecule has 2 aromatic carbocycles. The fourth-order valence-corrected chi connectivity index (χ4v) is 3.33. The van der Waals surface area contributed by atoms with E-state index in [1.807, 2.05) is 55.5 Å². The molecule has 148 valence electrons. The minimum atomic E-state index is -0.176. The lowest BCUT2D eigenvalue weighted by atomic mass is 10.2. The standard InChI is InChI=1S/C23H23N3O3/c1-17-8-3-6-11-20(17)29-15-13-26-19-10-5-4-9-18(19)24-22(26)16-25(2)23(27)21-12-7-14-28-21/h3-12,14H,13,15-16H2,1-2H3. The highest BCUT2D eigenvalue weighted by Crippen LogP contribution is 2.20. The van der Waals surface area contributed by atoms with Crippen molar-refractivity contribution in [2.24, 2.45) is 0 Å². The van der Waals surface area contributed by atoms with E-state index in [0.29, 0.717) is 25.5 Å². The van der Waals surface area contributed by atoms with E-state index in [0.717, 1.165) is 28.2 Å². The molecule has 0 saturated heterocycles. The van der Waals surface area contributed by atoms with Gasteiger partial charge in [-0.15, -0.1) is 0 Å². The van der Waals surface area contributed by atoms with E-state index in [9.17, 15) is 4.79 Å². The Morgan fingerprint density at radius 1 is 1.10 bits per heavy atom. The molecule has 4 aromatic rings. The maximum atomic E-state index is 12.5. The maximum Gasteiger partial charge on any atom is 0.289 e. The van der Waals surface area contributed by atoms with Crippen LogP contribution in [0.5, 0.6) is 5.75 Å². The first kappa shape index (κ1) is 18.8. The first-order valence-corrected chi connectivity index (χ1v) is 9.55. The highest BCUT2D eigenvalue weighted by atomic mass is 16.5. The quantitative estimate of drug-likeness (QED) is 0.473. The minimum Gasteiger partial charge on any atom is -0.491 e. The molecule has 0 N–H and O–H groups in total. The largest absolute Gasteiger partial charge is 0.491 e. The Morgan fingerprint density at radius 2 is 1.90 bits per heavy atom. The van der Waals surface area contributed by atoms with Gasteiger partial charge in [-0.3, -0.25) is 4.79 Å². The highest BCUT2D eigenvalue weighted by Gasteiger charge is 2.18. The van der Waals surface area contributed by atoms with Crippen molar-refractivity contribution in [2.45, 2.75) is 20.0 Å². The average molecular weight is 389 g/mol. The molecule has 0 atom stereocenters. The fraction of sp³-hybridized carbons (Fsp3) is 0.217. The number of aryl methyl sites for hydroxylation is 1. The van der Waals surface area contributed by atoms with Crippen molar-refractivity contribution in [3.05, 3.63) is 84.1 Å². The molecule has 0 spiro atoms. The van der Waals surface area contributed by atoms with E-state index in [1.165, 1.54) is 6.26 Å². The molecule has 0 aliphatic rings. The van der Waals surface area contributed by atoms with Crippen LogP contribution < -0.4 is 4.74 Å². The Kier molecular flexibility index (Phi) is 5.33. The first-order chi connectivity index (χ1) is 14.1. The maximum absolute atomic E-state index is 12.5. The summed E-state index contributed by atoms with van der Waals surface area (Å²) in [4.78, 5) is 18.9. The van der Waals surface area contributed by atoms with Crippen LogP contribution >= 0.6 is 0 Å². The van der Waals surface area contributed by atoms with Crippen LogP contribution in [0.1, 0.15) is 21.9 Å². The second-order valence-corrected chi connectivity index (χ2v) is 6.92. The number of fused-ring (bicyclic) bond motifs is 1. The molecule has 2 aromatic heterocycles. The Labute approximate surface area is 169 Å². The van der Waals surface area contributed by atoms with Crippen LogP contribution in [0.3, 0.4) is 0 Å². The Balaban J connectivity index is 1.54. The number of carbonyl (C=O) groups excluding carboxylic acids is 1. The molecule has 0 bridgehead atoms. The summed E-state index contributed by atoms with van der Waals surface area (Å²) in [6.07, 6.45) is 1.50. The van der Waals surface area contributed by atoms with Crippen LogP contribution in [0, 0.1) is 6.92 Å². The van der Waals surface area contributed by atoms with Gasteiger partial charge in [0.05, 0.1) is 30.4 Å². The van der Waals surface area contributed by atoms with E-state index in [1.54, 1.807) is 24.1 Å². The minimum absolute atomic E-state index is 0.176. The summed E-state index contributed by atoms with van der Waals surface area (Å²) in [5.41, 5.74) is 3.03. The molecule has 0 radical (unpaired) electrons. The van der Waals surface area contributed by atoms with Crippen LogP contribution in [0.25, 0.3) is 11.0 Å². The normalized spacial score (nSPS) is 11.0. The lowest BCUT2D eigenvalue weighted by Gasteiger charge is -2.17. The van der Waals surface area contributed by atoms with Gasteiger partial charge in [-0.1, -0.05) is 30.3 Å². The number of rotatable bonds is 7. The zero-order valence-electron chi connectivity index (χ0n) is 16.5. The number of aromatic nitrogens is 2. The predicted molar refractivity (Wildman–Crippen MR) is 111 cm³/mol. The number of nitrogens with zero attached hydrogens (tertiary/aromatic N) is 3. The third-order valence-corrected chi connectivity index (χ3v) is 4.86. The molecule has 0 saturated carbocycles. The molecule has 0 unspecified atom stereocenters. The van der Waals surface area contributed by atoms with Crippen molar-refractivity contribution in [2.75, 3.05) is 13.7 Å². The van der Waals surface area contributed by atoms with Gasteiger partial charge in [-0.05, 0) is 42.8 Å². The molecule has 0 fully saturated rings. The number of hydrogen-bond acceptors (Lipinski definition) is 4.